The van der Waals surface area contributed by atoms with E-state index in [1.807, 2.05) is 36.4 Å². The van der Waals surface area contributed by atoms with E-state index in [0.717, 1.165) is 10.7 Å². The zero-order chi connectivity index (χ0) is 14.4. The maximum Gasteiger partial charge on any atom is 0.234 e. The molecule has 1 aromatic heterocycles. The fourth-order valence-electron chi connectivity index (χ4n) is 1.74. The van der Waals surface area contributed by atoms with Gasteiger partial charge in [-0.25, -0.2) is 4.98 Å². The number of nitrogens with zero attached hydrogens (tertiary/aromatic N) is 1. The molecule has 0 spiro atoms. The average molecular weight is 286 g/mol. The first-order valence-electron chi connectivity index (χ1n) is 6.59. The SMILES string of the molecule is CC(C)c1cccc(NC(=O)CSc2ccccn2)c1. The van der Waals surface area contributed by atoms with E-state index >= 15 is 0 Å². The summed E-state index contributed by atoms with van der Waals surface area (Å²) < 4.78 is 0. The predicted octanol–water partition coefficient (Wildman–Crippen LogP) is 3.94. The van der Waals surface area contributed by atoms with Gasteiger partial charge in [0.15, 0.2) is 0 Å². The molecule has 0 saturated heterocycles. The van der Waals surface area contributed by atoms with Gasteiger partial charge in [0.25, 0.3) is 0 Å². The van der Waals surface area contributed by atoms with E-state index in [1.54, 1.807) is 6.20 Å². The number of aromatic nitrogens is 1. The molecule has 1 N–H and O–H groups in total. The third-order valence-electron chi connectivity index (χ3n) is 2.83. The second-order valence-corrected chi connectivity index (χ2v) is 5.78. The highest BCUT2D eigenvalue weighted by Gasteiger charge is 2.05. The molecule has 2 rings (SSSR count). The third kappa shape index (κ3) is 4.38. The lowest BCUT2D eigenvalue weighted by Crippen LogP contribution is -2.14. The molecule has 0 bridgehead atoms. The Bertz CT molecular complexity index is 570. The summed E-state index contributed by atoms with van der Waals surface area (Å²) in [6.45, 7) is 4.27. The van der Waals surface area contributed by atoms with Crippen molar-refractivity contribution in [2.24, 2.45) is 0 Å². The van der Waals surface area contributed by atoms with E-state index in [4.69, 9.17) is 0 Å². The molecule has 0 saturated carbocycles. The van der Waals surface area contributed by atoms with Crippen molar-refractivity contribution in [3.8, 4) is 0 Å². The maximum atomic E-state index is 11.9. The minimum absolute atomic E-state index is 0.0124. The summed E-state index contributed by atoms with van der Waals surface area (Å²) >= 11 is 1.44. The molecule has 4 heteroatoms. The van der Waals surface area contributed by atoms with Crippen molar-refractivity contribution in [3.63, 3.8) is 0 Å². The van der Waals surface area contributed by atoms with Crippen molar-refractivity contribution in [2.75, 3.05) is 11.1 Å². The number of hydrogen-bond acceptors (Lipinski definition) is 3. The number of thioether (sulfide) groups is 1. The monoisotopic (exact) mass is 286 g/mol. The van der Waals surface area contributed by atoms with E-state index in [0.29, 0.717) is 11.7 Å². The molecule has 104 valence electrons. The summed E-state index contributed by atoms with van der Waals surface area (Å²) in [5.74, 6) is 0.805. The Hall–Kier alpha value is -1.81. The molecule has 0 aliphatic carbocycles. The van der Waals surface area contributed by atoms with Crippen LogP contribution >= 0.6 is 11.8 Å². The lowest BCUT2D eigenvalue weighted by atomic mass is 10.0. The van der Waals surface area contributed by atoms with Gasteiger partial charge in [-0.3, -0.25) is 4.79 Å². The first-order chi connectivity index (χ1) is 9.65. The van der Waals surface area contributed by atoms with Crippen molar-refractivity contribution >= 4 is 23.4 Å². The van der Waals surface area contributed by atoms with Crippen LogP contribution in [-0.4, -0.2) is 16.6 Å². The molecule has 3 nitrogen and oxygen atoms in total. The molecular formula is C16H18N2OS. The third-order valence-corrected chi connectivity index (χ3v) is 3.77. The summed E-state index contributed by atoms with van der Waals surface area (Å²) in [6.07, 6.45) is 1.73. The summed E-state index contributed by atoms with van der Waals surface area (Å²) in [6, 6.07) is 13.7. The molecule has 1 aromatic carbocycles. The van der Waals surface area contributed by atoms with Crippen LogP contribution in [0.5, 0.6) is 0 Å². The van der Waals surface area contributed by atoms with Gasteiger partial charge in [0.2, 0.25) is 5.91 Å². The summed E-state index contributed by atoms with van der Waals surface area (Å²) in [5.41, 5.74) is 2.07. The van der Waals surface area contributed by atoms with Crippen LogP contribution < -0.4 is 5.32 Å². The molecule has 1 heterocycles. The minimum atomic E-state index is -0.0124. The molecular weight excluding hydrogens is 268 g/mol. The normalized spacial score (nSPS) is 10.6. The van der Waals surface area contributed by atoms with Gasteiger partial charge in [0.1, 0.15) is 0 Å². The van der Waals surface area contributed by atoms with Crippen molar-refractivity contribution in [3.05, 3.63) is 54.2 Å². The van der Waals surface area contributed by atoms with Crippen LogP contribution in [0.15, 0.2) is 53.7 Å². The van der Waals surface area contributed by atoms with E-state index in [2.05, 4.69) is 30.2 Å². The molecule has 20 heavy (non-hydrogen) atoms. The zero-order valence-electron chi connectivity index (χ0n) is 11.7. The Balaban J connectivity index is 1.90. The number of benzene rings is 1. The number of anilines is 1. The fourth-order valence-corrected chi connectivity index (χ4v) is 2.41. The Labute approximate surface area is 123 Å². The van der Waals surface area contributed by atoms with E-state index in [1.165, 1.54) is 17.3 Å². The highest BCUT2D eigenvalue weighted by atomic mass is 32.2. The first-order valence-corrected chi connectivity index (χ1v) is 7.57. The highest BCUT2D eigenvalue weighted by Crippen LogP contribution is 2.19. The zero-order valence-corrected chi connectivity index (χ0v) is 12.5. The van der Waals surface area contributed by atoms with E-state index < -0.39 is 0 Å². The Kier molecular flexibility index (Phi) is 5.18. The van der Waals surface area contributed by atoms with Crippen LogP contribution in [0.25, 0.3) is 0 Å². The minimum Gasteiger partial charge on any atom is -0.325 e. The summed E-state index contributed by atoms with van der Waals surface area (Å²) in [4.78, 5) is 16.1. The Morgan fingerprint density at radius 2 is 2.10 bits per heavy atom. The van der Waals surface area contributed by atoms with Crippen molar-refractivity contribution in [1.29, 1.82) is 0 Å². The van der Waals surface area contributed by atoms with Crippen molar-refractivity contribution in [1.82, 2.24) is 4.98 Å². The molecule has 0 atom stereocenters. The molecule has 0 fully saturated rings. The lowest BCUT2D eigenvalue weighted by Gasteiger charge is -2.09. The van der Waals surface area contributed by atoms with Gasteiger partial charge in [-0.15, -0.1) is 0 Å². The van der Waals surface area contributed by atoms with Crippen LogP contribution in [-0.2, 0) is 4.79 Å². The van der Waals surface area contributed by atoms with Gasteiger partial charge >= 0.3 is 0 Å². The number of pyridine rings is 1. The lowest BCUT2D eigenvalue weighted by molar-refractivity contribution is -0.113. The molecule has 1 amide bonds. The molecule has 0 aliphatic heterocycles. The molecule has 0 aliphatic rings. The standard InChI is InChI=1S/C16H18N2OS/c1-12(2)13-6-5-7-14(10-13)18-15(19)11-20-16-8-3-4-9-17-16/h3-10,12H,11H2,1-2H3,(H,18,19). The first kappa shape index (κ1) is 14.6. The van der Waals surface area contributed by atoms with Gasteiger partial charge in [0.05, 0.1) is 10.8 Å². The van der Waals surface area contributed by atoms with Gasteiger partial charge in [-0.1, -0.05) is 43.8 Å². The van der Waals surface area contributed by atoms with Crippen LogP contribution in [0.2, 0.25) is 0 Å². The number of rotatable bonds is 5. The topological polar surface area (TPSA) is 42.0 Å². The Morgan fingerprint density at radius 1 is 1.25 bits per heavy atom. The molecule has 0 unspecified atom stereocenters. The van der Waals surface area contributed by atoms with Crippen LogP contribution in [0.3, 0.4) is 0 Å². The van der Waals surface area contributed by atoms with Crippen LogP contribution in [0.1, 0.15) is 25.3 Å². The second-order valence-electron chi connectivity index (χ2n) is 4.78. The fraction of sp³-hybridized carbons (Fsp3) is 0.250. The van der Waals surface area contributed by atoms with Gasteiger partial charge in [-0.2, -0.15) is 0 Å². The largest absolute Gasteiger partial charge is 0.325 e. The highest BCUT2D eigenvalue weighted by molar-refractivity contribution is 7.99. The summed E-state index contributed by atoms with van der Waals surface area (Å²) in [5, 5.41) is 3.78. The van der Waals surface area contributed by atoms with Crippen molar-refractivity contribution in [2.45, 2.75) is 24.8 Å². The molecule has 2 aromatic rings. The van der Waals surface area contributed by atoms with Crippen molar-refractivity contribution < 1.29 is 4.79 Å². The van der Waals surface area contributed by atoms with E-state index in [9.17, 15) is 4.79 Å². The summed E-state index contributed by atoms with van der Waals surface area (Å²) in [7, 11) is 0. The second kappa shape index (κ2) is 7.10. The number of carbonyl (C=O) groups excluding carboxylic acids is 1. The number of amides is 1. The van der Waals surface area contributed by atoms with Gasteiger partial charge < -0.3 is 5.32 Å². The number of nitrogens with one attached hydrogen (secondary N) is 1. The van der Waals surface area contributed by atoms with Gasteiger partial charge in [0, 0.05) is 11.9 Å². The van der Waals surface area contributed by atoms with Crippen LogP contribution in [0.4, 0.5) is 5.69 Å². The Morgan fingerprint density at radius 3 is 2.80 bits per heavy atom. The predicted molar refractivity (Wildman–Crippen MR) is 84.1 cm³/mol. The molecule has 0 radical (unpaired) electrons. The quantitative estimate of drug-likeness (QED) is 0.847. The van der Waals surface area contributed by atoms with E-state index in [-0.39, 0.29) is 5.91 Å². The van der Waals surface area contributed by atoms with Crippen LogP contribution in [0, 0.1) is 0 Å². The maximum absolute atomic E-state index is 11.9. The number of carbonyl (C=O) groups is 1. The smallest absolute Gasteiger partial charge is 0.234 e. The van der Waals surface area contributed by atoms with Gasteiger partial charge in [-0.05, 0) is 35.7 Å². The number of hydrogen-bond donors (Lipinski definition) is 1. The average Bonchev–Trinajstić information content (AvgIpc) is 2.46.